The van der Waals surface area contributed by atoms with Gasteiger partial charge in [0.1, 0.15) is 11.3 Å². The van der Waals surface area contributed by atoms with Crippen molar-refractivity contribution in [1.29, 1.82) is 0 Å². The number of rotatable bonds is 7. The minimum atomic E-state index is -3.18. The van der Waals surface area contributed by atoms with E-state index in [9.17, 15) is 8.42 Å². The molecule has 1 unspecified atom stereocenters. The van der Waals surface area contributed by atoms with Gasteiger partial charge < -0.3 is 9.73 Å². The minimum Gasteiger partial charge on any atom is -0.459 e. The van der Waals surface area contributed by atoms with Crippen LogP contribution in [-0.2, 0) is 10.0 Å². The monoisotopic (exact) mass is 296 g/mol. The fourth-order valence-corrected chi connectivity index (χ4v) is 2.99. The fraction of sp³-hybridized carbons (Fsp3) is 0.429. The lowest BCUT2D eigenvalue weighted by Gasteiger charge is -2.11. The number of furan rings is 1. The van der Waals surface area contributed by atoms with E-state index in [1.807, 2.05) is 37.3 Å². The highest BCUT2D eigenvalue weighted by Crippen LogP contribution is 2.23. The van der Waals surface area contributed by atoms with Crippen LogP contribution in [0, 0.1) is 0 Å². The number of para-hydroxylation sites is 1. The van der Waals surface area contributed by atoms with E-state index in [2.05, 4.69) is 10.0 Å². The van der Waals surface area contributed by atoms with Crippen LogP contribution in [0.2, 0.25) is 0 Å². The standard InChI is InChI=1S/C14H20N2O3S/c1-3-16-20(17,18)9-8-15-11(2)14-10-12-6-4-5-7-13(12)19-14/h4-7,10-11,15-16H,3,8-9H2,1-2H3. The summed E-state index contributed by atoms with van der Waals surface area (Å²) in [5.41, 5.74) is 0.844. The van der Waals surface area contributed by atoms with Gasteiger partial charge in [0, 0.05) is 18.5 Å². The molecule has 1 aromatic carbocycles. The molecule has 2 rings (SSSR count). The predicted octanol–water partition coefficient (Wildman–Crippen LogP) is 2.02. The Bertz CT molecular complexity index is 631. The summed E-state index contributed by atoms with van der Waals surface area (Å²) in [6.45, 7) is 4.52. The lowest BCUT2D eigenvalue weighted by atomic mass is 10.2. The first-order chi connectivity index (χ1) is 9.52. The van der Waals surface area contributed by atoms with Crippen molar-refractivity contribution >= 4 is 21.0 Å². The second-order valence-corrected chi connectivity index (χ2v) is 6.61. The van der Waals surface area contributed by atoms with Gasteiger partial charge in [-0.15, -0.1) is 0 Å². The Balaban J connectivity index is 1.93. The second-order valence-electron chi connectivity index (χ2n) is 4.68. The number of hydrogen-bond acceptors (Lipinski definition) is 4. The smallest absolute Gasteiger partial charge is 0.212 e. The topological polar surface area (TPSA) is 71.3 Å². The van der Waals surface area contributed by atoms with Gasteiger partial charge in [-0.25, -0.2) is 13.1 Å². The maximum atomic E-state index is 11.5. The van der Waals surface area contributed by atoms with E-state index in [4.69, 9.17) is 4.42 Å². The zero-order chi connectivity index (χ0) is 14.6. The summed E-state index contributed by atoms with van der Waals surface area (Å²) < 4.78 is 31.2. The molecule has 1 heterocycles. The summed E-state index contributed by atoms with van der Waals surface area (Å²) in [5, 5.41) is 4.21. The number of fused-ring (bicyclic) bond motifs is 1. The highest BCUT2D eigenvalue weighted by molar-refractivity contribution is 7.89. The van der Waals surface area contributed by atoms with Crippen LogP contribution in [0.15, 0.2) is 34.7 Å². The molecule has 0 amide bonds. The fourth-order valence-electron chi connectivity index (χ4n) is 2.02. The molecular weight excluding hydrogens is 276 g/mol. The quantitative estimate of drug-likeness (QED) is 0.820. The summed E-state index contributed by atoms with van der Waals surface area (Å²) in [4.78, 5) is 0. The first-order valence-electron chi connectivity index (χ1n) is 6.71. The summed E-state index contributed by atoms with van der Waals surface area (Å²) in [6.07, 6.45) is 0. The van der Waals surface area contributed by atoms with E-state index in [-0.39, 0.29) is 11.8 Å². The van der Waals surface area contributed by atoms with Crippen molar-refractivity contribution in [3.8, 4) is 0 Å². The van der Waals surface area contributed by atoms with E-state index < -0.39 is 10.0 Å². The van der Waals surface area contributed by atoms with Crippen LogP contribution < -0.4 is 10.0 Å². The number of sulfonamides is 1. The molecule has 0 aliphatic rings. The number of benzene rings is 1. The van der Waals surface area contributed by atoms with E-state index in [0.717, 1.165) is 16.7 Å². The molecule has 20 heavy (non-hydrogen) atoms. The molecule has 0 bridgehead atoms. The highest BCUT2D eigenvalue weighted by Gasteiger charge is 2.13. The third kappa shape index (κ3) is 3.82. The van der Waals surface area contributed by atoms with Gasteiger partial charge in [-0.3, -0.25) is 0 Å². The molecule has 0 spiro atoms. The summed E-state index contributed by atoms with van der Waals surface area (Å²) >= 11 is 0. The van der Waals surface area contributed by atoms with E-state index >= 15 is 0 Å². The number of hydrogen-bond donors (Lipinski definition) is 2. The Kier molecular flexibility index (Phi) is 4.80. The van der Waals surface area contributed by atoms with Crippen molar-refractivity contribution in [2.45, 2.75) is 19.9 Å². The van der Waals surface area contributed by atoms with Crippen LogP contribution in [-0.4, -0.2) is 27.3 Å². The van der Waals surface area contributed by atoms with Crippen LogP contribution in [0.4, 0.5) is 0 Å². The molecule has 110 valence electrons. The van der Waals surface area contributed by atoms with Crippen molar-refractivity contribution in [3.63, 3.8) is 0 Å². The first kappa shape index (κ1) is 15.0. The molecule has 0 fully saturated rings. The average molecular weight is 296 g/mol. The maximum Gasteiger partial charge on any atom is 0.212 e. The van der Waals surface area contributed by atoms with Gasteiger partial charge in [-0.2, -0.15) is 0 Å². The largest absolute Gasteiger partial charge is 0.459 e. The Labute approximate surface area is 119 Å². The van der Waals surface area contributed by atoms with E-state index in [1.54, 1.807) is 6.92 Å². The Hall–Kier alpha value is -1.37. The average Bonchev–Trinajstić information content (AvgIpc) is 2.82. The van der Waals surface area contributed by atoms with Gasteiger partial charge in [0.25, 0.3) is 0 Å². The van der Waals surface area contributed by atoms with E-state index in [1.165, 1.54) is 0 Å². The van der Waals surface area contributed by atoms with Crippen molar-refractivity contribution in [3.05, 3.63) is 36.1 Å². The first-order valence-corrected chi connectivity index (χ1v) is 8.36. The molecule has 0 saturated heterocycles. The molecule has 2 aromatic rings. The lowest BCUT2D eigenvalue weighted by molar-refractivity contribution is 0.458. The van der Waals surface area contributed by atoms with Gasteiger partial charge in [0.2, 0.25) is 10.0 Å². The molecule has 0 aliphatic heterocycles. The molecule has 1 atom stereocenters. The molecule has 0 radical (unpaired) electrons. The maximum absolute atomic E-state index is 11.5. The van der Waals surface area contributed by atoms with Gasteiger partial charge in [-0.05, 0) is 19.1 Å². The van der Waals surface area contributed by atoms with Gasteiger partial charge >= 0.3 is 0 Å². The van der Waals surface area contributed by atoms with Crippen LogP contribution in [0.3, 0.4) is 0 Å². The van der Waals surface area contributed by atoms with Gasteiger partial charge in [0.05, 0.1) is 11.8 Å². The Morgan fingerprint density at radius 2 is 2.05 bits per heavy atom. The Morgan fingerprint density at radius 1 is 1.30 bits per heavy atom. The van der Waals surface area contributed by atoms with Gasteiger partial charge in [-0.1, -0.05) is 25.1 Å². The third-order valence-corrected chi connectivity index (χ3v) is 4.53. The van der Waals surface area contributed by atoms with Crippen molar-refractivity contribution in [2.75, 3.05) is 18.8 Å². The molecule has 0 saturated carbocycles. The van der Waals surface area contributed by atoms with E-state index in [0.29, 0.717) is 13.1 Å². The molecular formula is C14H20N2O3S. The number of nitrogens with one attached hydrogen (secondary N) is 2. The second kappa shape index (κ2) is 6.39. The van der Waals surface area contributed by atoms with Crippen molar-refractivity contribution in [1.82, 2.24) is 10.0 Å². The van der Waals surface area contributed by atoms with Crippen molar-refractivity contribution in [2.24, 2.45) is 0 Å². The normalized spacial score (nSPS) is 13.7. The zero-order valence-corrected chi connectivity index (χ0v) is 12.5. The highest BCUT2D eigenvalue weighted by atomic mass is 32.2. The third-order valence-electron chi connectivity index (χ3n) is 3.06. The summed E-state index contributed by atoms with van der Waals surface area (Å²) in [5.74, 6) is 0.873. The summed E-state index contributed by atoms with van der Waals surface area (Å²) in [7, 11) is -3.18. The van der Waals surface area contributed by atoms with Crippen LogP contribution in [0.25, 0.3) is 11.0 Å². The molecule has 0 aliphatic carbocycles. The molecule has 2 N–H and O–H groups in total. The van der Waals surface area contributed by atoms with Crippen LogP contribution in [0.5, 0.6) is 0 Å². The van der Waals surface area contributed by atoms with Gasteiger partial charge in [0.15, 0.2) is 0 Å². The molecule has 1 aromatic heterocycles. The Morgan fingerprint density at radius 3 is 2.75 bits per heavy atom. The predicted molar refractivity (Wildman–Crippen MR) is 80.1 cm³/mol. The van der Waals surface area contributed by atoms with Crippen LogP contribution in [0.1, 0.15) is 25.6 Å². The SMILES string of the molecule is CCNS(=O)(=O)CCNC(C)c1cc2ccccc2o1. The molecule has 5 nitrogen and oxygen atoms in total. The molecule has 6 heteroatoms. The minimum absolute atomic E-state index is 0.0285. The van der Waals surface area contributed by atoms with Crippen LogP contribution >= 0.6 is 0 Å². The lowest BCUT2D eigenvalue weighted by Crippen LogP contribution is -2.32. The zero-order valence-electron chi connectivity index (χ0n) is 11.7. The summed E-state index contributed by atoms with van der Waals surface area (Å²) in [6, 6.07) is 9.75. The van der Waals surface area contributed by atoms with Crippen molar-refractivity contribution < 1.29 is 12.8 Å².